The van der Waals surface area contributed by atoms with Crippen molar-refractivity contribution < 1.29 is 9.18 Å². The summed E-state index contributed by atoms with van der Waals surface area (Å²) in [6, 6.07) is 7.59. The minimum Gasteiger partial charge on any atom is -0.350 e. The summed E-state index contributed by atoms with van der Waals surface area (Å²) in [6.07, 6.45) is 0.829. The van der Waals surface area contributed by atoms with E-state index in [1.807, 2.05) is 25.1 Å². The maximum atomic E-state index is 13.4. The molecule has 1 heterocycles. The molecular formula is C13H13FN2O. The smallest absolute Gasteiger partial charge is 0.270 e. The third kappa shape index (κ3) is 1.79. The maximum absolute atomic E-state index is 13.4. The van der Waals surface area contributed by atoms with Crippen LogP contribution in [0.15, 0.2) is 24.3 Å². The van der Waals surface area contributed by atoms with Crippen molar-refractivity contribution in [1.82, 2.24) is 10.3 Å². The van der Waals surface area contributed by atoms with E-state index in [0.29, 0.717) is 18.5 Å². The van der Waals surface area contributed by atoms with Gasteiger partial charge < -0.3 is 10.3 Å². The molecule has 1 aromatic carbocycles. The van der Waals surface area contributed by atoms with E-state index in [2.05, 4.69) is 10.3 Å². The average molecular weight is 232 g/mol. The fourth-order valence-electron chi connectivity index (χ4n) is 1.94. The van der Waals surface area contributed by atoms with Gasteiger partial charge in [-0.05, 0) is 18.6 Å². The van der Waals surface area contributed by atoms with Gasteiger partial charge in [-0.2, -0.15) is 0 Å². The van der Waals surface area contributed by atoms with Crippen molar-refractivity contribution >= 4 is 16.8 Å². The van der Waals surface area contributed by atoms with Crippen LogP contribution in [-0.4, -0.2) is 16.7 Å². The number of nitrogens with one attached hydrogen (secondary N) is 2. The number of aryl methyl sites for hydroxylation is 1. The van der Waals surface area contributed by atoms with Crippen molar-refractivity contribution in [2.24, 2.45) is 0 Å². The number of aromatic nitrogens is 1. The van der Waals surface area contributed by atoms with Gasteiger partial charge in [0.15, 0.2) is 5.79 Å². The lowest BCUT2D eigenvalue weighted by molar-refractivity contribution is 0.0873. The molecule has 0 saturated heterocycles. The number of halogens is 1. The first-order valence-corrected chi connectivity index (χ1v) is 5.67. The highest BCUT2D eigenvalue weighted by molar-refractivity contribution is 5.99. The number of benzene rings is 1. The molecule has 0 bridgehead atoms. The molecule has 1 aliphatic carbocycles. The molecule has 17 heavy (non-hydrogen) atoms. The molecule has 2 aromatic rings. The summed E-state index contributed by atoms with van der Waals surface area (Å²) in [4.78, 5) is 14.8. The van der Waals surface area contributed by atoms with E-state index in [1.165, 1.54) is 0 Å². The predicted octanol–water partition coefficient (Wildman–Crippen LogP) is 2.67. The Kier molecular flexibility index (Phi) is 2.02. The van der Waals surface area contributed by atoms with Crippen LogP contribution in [0.3, 0.4) is 0 Å². The highest BCUT2D eigenvalue weighted by Crippen LogP contribution is 2.36. The number of aromatic amines is 1. The Hall–Kier alpha value is -1.84. The van der Waals surface area contributed by atoms with Crippen LogP contribution in [0.1, 0.15) is 28.9 Å². The molecule has 0 spiro atoms. The largest absolute Gasteiger partial charge is 0.350 e. The first-order chi connectivity index (χ1) is 8.07. The number of H-pyrrole nitrogens is 1. The second-order valence-corrected chi connectivity index (χ2v) is 4.64. The Bertz CT molecular complexity index is 598. The Morgan fingerprint density at radius 3 is 2.88 bits per heavy atom. The van der Waals surface area contributed by atoms with Gasteiger partial charge in [0.1, 0.15) is 5.69 Å². The number of carbonyl (C=O) groups is 1. The van der Waals surface area contributed by atoms with Gasteiger partial charge in [-0.15, -0.1) is 0 Å². The molecule has 0 atom stereocenters. The van der Waals surface area contributed by atoms with Crippen LogP contribution in [0, 0.1) is 6.92 Å². The molecule has 88 valence electrons. The summed E-state index contributed by atoms with van der Waals surface area (Å²) in [7, 11) is 0. The number of carbonyl (C=O) groups excluding carboxylic acids is 1. The molecule has 1 fully saturated rings. The molecule has 3 rings (SSSR count). The van der Waals surface area contributed by atoms with Gasteiger partial charge >= 0.3 is 0 Å². The van der Waals surface area contributed by atoms with E-state index in [4.69, 9.17) is 0 Å². The molecule has 1 aliphatic rings. The highest BCUT2D eigenvalue weighted by atomic mass is 19.1. The normalized spacial score (nSPS) is 17.1. The second kappa shape index (κ2) is 3.32. The first kappa shape index (κ1) is 10.3. The number of hydrogen-bond donors (Lipinski definition) is 2. The van der Waals surface area contributed by atoms with Gasteiger partial charge in [-0.1, -0.05) is 18.2 Å². The number of fused-ring (bicyclic) bond motifs is 1. The van der Waals surface area contributed by atoms with Gasteiger partial charge in [-0.3, -0.25) is 4.79 Å². The third-order valence-electron chi connectivity index (χ3n) is 3.14. The molecule has 1 amide bonds. The Labute approximate surface area is 98.0 Å². The molecule has 4 heteroatoms. The van der Waals surface area contributed by atoms with Crippen LogP contribution >= 0.6 is 0 Å². The van der Waals surface area contributed by atoms with E-state index in [0.717, 1.165) is 16.5 Å². The second-order valence-electron chi connectivity index (χ2n) is 4.64. The standard InChI is InChI=1S/C13H13FN2O/c1-8-3-2-4-9-7-10(15-11(8)9)12(17)16-13(14)5-6-13/h2-4,7,15H,5-6H2,1H3,(H,16,17). The van der Waals surface area contributed by atoms with Gasteiger partial charge in [-0.25, -0.2) is 4.39 Å². The minimum absolute atomic E-state index is 0.374. The van der Waals surface area contributed by atoms with Gasteiger partial charge in [0.25, 0.3) is 5.91 Å². The Morgan fingerprint density at radius 2 is 2.24 bits per heavy atom. The van der Waals surface area contributed by atoms with Crippen molar-refractivity contribution in [3.63, 3.8) is 0 Å². The van der Waals surface area contributed by atoms with Gasteiger partial charge in [0.05, 0.1) is 0 Å². The van der Waals surface area contributed by atoms with Crippen LogP contribution in [0.4, 0.5) is 4.39 Å². The molecule has 3 nitrogen and oxygen atoms in total. The summed E-state index contributed by atoms with van der Waals surface area (Å²) < 4.78 is 13.4. The summed E-state index contributed by atoms with van der Waals surface area (Å²) in [6.45, 7) is 1.97. The number of para-hydroxylation sites is 1. The number of rotatable bonds is 2. The van der Waals surface area contributed by atoms with Crippen molar-refractivity contribution in [1.29, 1.82) is 0 Å². The summed E-state index contributed by atoms with van der Waals surface area (Å²) in [5.74, 6) is -1.84. The van der Waals surface area contributed by atoms with Crippen molar-refractivity contribution in [2.75, 3.05) is 0 Å². The van der Waals surface area contributed by atoms with Crippen molar-refractivity contribution in [3.05, 3.63) is 35.5 Å². The van der Waals surface area contributed by atoms with Crippen LogP contribution < -0.4 is 5.32 Å². The van der Waals surface area contributed by atoms with Crippen LogP contribution in [0.2, 0.25) is 0 Å². The first-order valence-electron chi connectivity index (χ1n) is 5.67. The Morgan fingerprint density at radius 1 is 1.47 bits per heavy atom. The highest BCUT2D eigenvalue weighted by Gasteiger charge is 2.44. The SMILES string of the molecule is Cc1cccc2cc(C(=O)NC3(F)CC3)[nH]c12. The van der Waals surface area contributed by atoms with Gasteiger partial charge in [0.2, 0.25) is 0 Å². The molecule has 0 radical (unpaired) electrons. The minimum atomic E-state index is -1.47. The summed E-state index contributed by atoms with van der Waals surface area (Å²) >= 11 is 0. The lowest BCUT2D eigenvalue weighted by atomic mass is 10.2. The maximum Gasteiger partial charge on any atom is 0.270 e. The molecule has 0 unspecified atom stereocenters. The van der Waals surface area contributed by atoms with Gasteiger partial charge in [0, 0.05) is 23.7 Å². The molecule has 2 N–H and O–H groups in total. The fourth-order valence-corrected chi connectivity index (χ4v) is 1.94. The van der Waals surface area contributed by atoms with Crippen LogP contribution in [-0.2, 0) is 0 Å². The zero-order chi connectivity index (χ0) is 12.0. The number of alkyl halides is 1. The van der Waals surface area contributed by atoms with E-state index in [-0.39, 0.29) is 5.91 Å². The van der Waals surface area contributed by atoms with E-state index in [9.17, 15) is 9.18 Å². The summed E-state index contributed by atoms with van der Waals surface area (Å²) in [5.41, 5.74) is 2.42. The molecule has 0 aliphatic heterocycles. The van der Waals surface area contributed by atoms with Crippen LogP contribution in [0.5, 0.6) is 0 Å². The molecular weight excluding hydrogens is 219 g/mol. The average Bonchev–Trinajstić information content (AvgIpc) is 2.84. The van der Waals surface area contributed by atoms with Crippen LogP contribution in [0.25, 0.3) is 10.9 Å². The molecule has 1 saturated carbocycles. The summed E-state index contributed by atoms with van der Waals surface area (Å²) in [5, 5.41) is 3.36. The zero-order valence-corrected chi connectivity index (χ0v) is 9.51. The lowest BCUT2D eigenvalue weighted by Crippen LogP contribution is -2.33. The zero-order valence-electron chi connectivity index (χ0n) is 9.51. The van der Waals surface area contributed by atoms with E-state index < -0.39 is 5.79 Å². The van der Waals surface area contributed by atoms with Crippen molar-refractivity contribution in [3.8, 4) is 0 Å². The topological polar surface area (TPSA) is 44.9 Å². The lowest BCUT2D eigenvalue weighted by Gasteiger charge is -2.06. The quantitative estimate of drug-likeness (QED) is 0.768. The number of hydrogen-bond acceptors (Lipinski definition) is 1. The number of amides is 1. The van der Waals surface area contributed by atoms with Crippen molar-refractivity contribution in [2.45, 2.75) is 25.6 Å². The monoisotopic (exact) mass is 232 g/mol. The fraction of sp³-hybridized carbons (Fsp3) is 0.308. The molecule has 1 aromatic heterocycles. The third-order valence-corrected chi connectivity index (χ3v) is 3.14. The Balaban J connectivity index is 1.95. The predicted molar refractivity (Wildman–Crippen MR) is 63.6 cm³/mol. The van der Waals surface area contributed by atoms with E-state index in [1.54, 1.807) is 6.07 Å². The van der Waals surface area contributed by atoms with E-state index >= 15 is 0 Å².